The summed E-state index contributed by atoms with van der Waals surface area (Å²) in [6, 6.07) is 0. The molecule has 18 nitrogen and oxygen atoms in total. The third-order valence-electron chi connectivity index (χ3n) is 6.96. The molecule has 0 aromatic heterocycles. The van der Waals surface area contributed by atoms with Crippen LogP contribution in [-0.4, -0.2) is 184 Å². The van der Waals surface area contributed by atoms with Crippen LogP contribution in [0.25, 0.3) is 0 Å². The van der Waals surface area contributed by atoms with Crippen LogP contribution >= 0.6 is 0 Å². The zero-order valence-electron chi connectivity index (χ0n) is 37.6. The SMILES string of the molecule is C=CCCOCC(O)COCCC(O)CO[CH2-].C=CCCOCC(O)COCCC(O)CO[CH2-].[CH2-]OCC(CO)(CO)CO[CH2-].[CH2-]OCC(CO)(CO)CO[CH2-].[Rf].[Rf].[Rf].[Rf].[Rf].[Rf]. The molecule has 8 N–H and O–H groups in total. The molecule has 0 aromatic rings. The number of hydrogen-bond acceptors (Lipinski definition) is 18. The molecule has 0 spiro atoms. The summed E-state index contributed by atoms with van der Waals surface area (Å²) in [5, 5.41) is 72.9. The van der Waals surface area contributed by atoms with Gasteiger partial charge in [-0.15, -0.1) is 13.2 Å². The molecule has 62 heavy (non-hydrogen) atoms. The average Bonchev–Trinajstić information content (AvgIpc) is 3.19. The molecule has 24 heteroatoms. The molecule has 0 aliphatic rings. The number of hydrogen-bond donors (Lipinski definition) is 8. The zero-order chi connectivity index (χ0) is 43.4. The molecule has 0 aliphatic heterocycles. The first-order chi connectivity index (χ1) is 26.9. The molecule has 0 rings (SSSR count). The van der Waals surface area contributed by atoms with Crippen molar-refractivity contribution in [1.82, 2.24) is 0 Å². The Morgan fingerprint density at radius 2 is 0.629 bits per heavy atom. The van der Waals surface area contributed by atoms with E-state index in [1.807, 2.05) is 0 Å². The summed E-state index contributed by atoms with van der Waals surface area (Å²) in [5.74, 6) is 0. The molecular weight excluding hydrogens is 2350 g/mol. The Morgan fingerprint density at radius 1 is 0.387 bits per heavy atom. The average molecular weight is 2420 g/mol. The van der Waals surface area contributed by atoms with Gasteiger partial charge in [0, 0.05) is 52.9 Å². The molecule has 4 atom stereocenters. The van der Waals surface area contributed by atoms with Crippen molar-refractivity contribution in [3.8, 4) is 0 Å². The molecule has 0 saturated carbocycles. The second kappa shape index (κ2) is 58.1. The van der Waals surface area contributed by atoms with E-state index in [9.17, 15) is 20.4 Å². The Balaban J connectivity index is -0.0000000717. The Kier molecular flexibility index (Phi) is 74.0. The van der Waals surface area contributed by atoms with Crippen LogP contribution in [0.5, 0.6) is 0 Å². The fourth-order valence-electron chi connectivity index (χ4n) is 3.60. The minimum Gasteiger partial charge on any atom is -0.554 e. The van der Waals surface area contributed by atoms with E-state index >= 15 is 0 Å². The van der Waals surface area contributed by atoms with Gasteiger partial charge in [0.1, 0.15) is 12.2 Å². The summed E-state index contributed by atoms with van der Waals surface area (Å²) in [6.45, 7) is 10.00. The monoisotopic (exact) mass is 2420 g/mol. The molecule has 0 aliphatic carbocycles. The Bertz CT molecular complexity index is 723. The van der Waals surface area contributed by atoms with Crippen molar-refractivity contribution in [2.75, 3.05) is 119 Å². The summed E-state index contributed by atoms with van der Waals surface area (Å²) in [7, 11) is 18.9. The molecule has 0 radical (unpaired) electrons. The molecular formula is C38H74O18Rf6-6. The number of aliphatic hydroxyl groups is 8. The largest absolute Gasteiger partial charge is 0.554 e. The van der Waals surface area contributed by atoms with E-state index in [-0.39, 0.29) is 92.5 Å². The van der Waals surface area contributed by atoms with Crippen LogP contribution < -0.4 is 0 Å². The van der Waals surface area contributed by atoms with Gasteiger partial charge in [-0.2, -0.15) is 0 Å². The van der Waals surface area contributed by atoms with E-state index in [0.29, 0.717) is 39.3 Å². The van der Waals surface area contributed by atoms with E-state index in [2.05, 4.69) is 84.2 Å². The van der Waals surface area contributed by atoms with E-state index in [0.717, 1.165) is 12.8 Å². The van der Waals surface area contributed by atoms with Gasteiger partial charge >= 0.3 is 0 Å². The Hall–Kier alpha value is -7.24. The molecule has 0 saturated heterocycles. The maximum absolute atomic E-state index is 9.44. The van der Waals surface area contributed by atoms with Gasteiger partial charge in [0.2, 0.25) is 0 Å². The molecule has 0 heterocycles. The van der Waals surface area contributed by atoms with Gasteiger partial charge in [0.25, 0.3) is 0 Å². The van der Waals surface area contributed by atoms with Gasteiger partial charge in [-0.05, 0) is 25.7 Å². The maximum atomic E-state index is 9.44. The van der Waals surface area contributed by atoms with Crippen LogP contribution in [0.3, 0.4) is 0 Å². The maximum Gasteiger partial charge on any atom is 0.101 e. The van der Waals surface area contributed by atoms with Gasteiger partial charge in [-0.3, -0.25) is 0 Å². The summed E-state index contributed by atoms with van der Waals surface area (Å²) < 4.78 is 48.0. The van der Waals surface area contributed by atoms with Crippen molar-refractivity contribution in [3.63, 3.8) is 0 Å². The molecule has 0 amide bonds. The first kappa shape index (κ1) is 79.0. The first-order valence-corrected chi connectivity index (χ1v) is 17.8. The molecule has 0 bridgehead atoms. The van der Waals surface area contributed by atoms with Crippen LogP contribution in [-0.2, 0) is 47.4 Å². The summed E-state index contributed by atoms with van der Waals surface area (Å²) in [5.41, 5.74) is -1.55. The van der Waals surface area contributed by atoms with Crippen LogP contribution in [0, 0.1) is 53.5 Å². The van der Waals surface area contributed by atoms with Crippen molar-refractivity contribution in [2.24, 2.45) is 10.8 Å². The number of ether oxygens (including phenoxy) is 10. The van der Waals surface area contributed by atoms with Crippen LogP contribution in [0.4, 0.5) is 0 Å². The van der Waals surface area contributed by atoms with E-state index in [4.69, 9.17) is 39.4 Å². The van der Waals surface area contributed by atoms with Crippen molar-refractivity contribution in [1.29, 1.82) is 0 Å². The van der Waals surface area contributed by atoms with Gasteiger partial charge in [0.15, 0.2) is 0 Å². The van der Waals surface area contributed by atoms with Gasteiger partial charge < -0.3 is 88.2 Å². The molecule has 4 unspecified atom stereocenters. The molecule has 0 aromatic carbocycles. The Labute approximate surface area is 335 Å². The van der Waals surface area contributed by atoms with Crippen molar-refractivity contribution >= 4 is 0 Å². The topological polar surface area (TPSA) is 254 Å². The van der Waals surface area contributed by atoms with Crippen LogP contribution in [0.15, 0.2) is 25.3 Å². The smallest absolute Gasteiger partial charge is 0.101 e. The predicted octanol–water partition coefficient (Wildman–Crippen LogP) is 0.179. The van der Waals surface area contributed by atoms with Crippen LogP contribution in [0.2, 0.25) is 0 Å². The zero-order valence-corrected chi connectivity index (χ0v) is 76.0. The quantitative estimate of drug-likeness (QED) is 0.0237. The third-order valence-corrected chi connectivity index (χ3v) is 6.96. The summed E-state index contributed by atoms with van der Waals surface area (Å²) in [6.07, 6.45) is 3.54. The molecule has 352 valence electrons. The van der Waals surface area contributed by atoms with Gasteiger partial charge in [-0.25, -0.2) is 42.7 Å². The van der Waals surface area contributed by atoms with Crippen molar-refractivity contribution in [3.05, 3.63) is 68.0 Å². The minimum absolute atomic E-state index is 0. The van der Waals surface area contributed by atoms with Crippen LogP contribution in [0.1, 0.15) is 25.7 Å². The summed E-state index contributed by atoms with van der Waals surface area (Å²) in [4.78, 5) is 0. The van der Waals surface area contributed by atoms with Gasteiger partial charge in [-0.1, -0.05) is 12.2 Å². The van der Waals surface area contributed by atoms with Gasteiger partial charge in [0.05, 0.1) is 89.1 Å². The fraction of sp³-hybridized carbons (Fsp3) is 0.737. The standard InChI is InChI=1S/2C12H23O5.2C7H14O4.6Rf/c2*1-3-4-6-16-9-12(14)10-17-7-5-11(13)8-15-2;2*1-10-5-7(3-8,4-9)6-11-2;;;;;;/h2*3,11-14H,1-2,4-10H2;2*8-9H,1-6H2;;;;;;/q2*-1;2*-2;;;;;;. The normalized spacial score (nSPS) is 12.2. The first-order valence-electron chi connectivity index (χ1n) is 17.8. The second-order valence-electron chi connectivity index (χ2n) is 12.4. The van der Waals surface area contributed by atoms with E-state index in [1.54, 1.807) is 12.2 Å². The minimum atomic E-state index is -0.774. The number of rotatable bonds is 36. The van der Waals surface area contributed by atoms with Crippen molar-refractivity contribution < 1.29 is 88.2 Å². The van der Waals surface area contributed by atoms with Crippen molar-refractivity contribution in [2.45, 2.75) is 50.1 Å². The van der Waals surface area contributed by atoms with E-state index < -0.39 is 35.2 Å². The second-order valence-corrected chi connectivity index (χ2v) is 12.4. The van der Waals surface area contributed by atoms with E-state index in [1.165, 1.54) is 0 Å². The number of aliphatic hydroxyl groups excluding tert-OH is 8. The fourth-order valence-corrected chi connectivity index (χ4v) is 3.60. The third kappa shape index (κ3) is 50.8. The summed E-state index contributed by atoms with van der Waals surface area (Å²) >= 11 is 0. The predicted molar refractivity (Wildman–Crippen MR) is 207 cm³/mol. The molecule has 0 fully saturated rings. The Morgan fingerprint density at radius 3 is 0.823 bits per heavy atom.